The summed E-state index contributed by atoms with van der Waals surface area (Å²) in [6.07, 6.45) is 1.00. The Labute approximate surface area is 164 Å². The average molecular weight is 399 g/mol. The standard InChI is InChI=1S/C19H17N3O5S/c23-15(3-4-16-21-18(22-27-16)13-6-8-28-10-13)20-17(19(24)25)12-1-2-14-11(9-12)5-7-26-14/h1-2,6,8-10,17H,3-5,7H2,(H,20,23)(H,24,25). The predicted octanol–water partition coefficient (Wildman–Crippen LogP) is 2.61. The van der Waals surface area contributed by atoms with Gasteiger partial charge in [-0.15, -0.1) is 0 Å². The SMILES string of the molecule is O=C(CCc1nc(-c2ccsc2)no1)NC(C(=O)O)c1ccc2c(c1)CCO2. The number of benzene rings is 1. The number of nitrogens with zero attached hydrogens (tertiary/aromatic N) is 2. The van der Waals surface area contributed by atoms with Crippen molar-refractivity contribution in [3.05, 3.63) is 52.0 Å². The van der Waals surface area contributed by atoms with E-state index in [4.69, 9.17) is 9.26 Å². The molecule has 0 saturated heterocycles. The molecule has 1 aliphatic rings. The highest BCUT2D eigenvalue weighted by Crippen LogP contribution is 2.28. The molecule has 0 bridgehead atoms. The van der Waals surface area contributed by atoms with Crippen LogP contribution in [0.1, 0.15) is 29.5 Å². The van der Waals surface area contributed by atoms with E-state index >= 15 is 0 Å². The number of amides is 1. The summed E-state index contributed by atoms with van der Waals surface area (Å²) in [5.41, 5.74) is 2.32. The summed E-state index contributed by atoms with van der Waals surface area (Å²) >= 11 is 1.53. The first-order chi connectivity index (χ1) is 13.6. The molecule has 8 nitrogen and oxygen atoms in total. The number of thiophene rings is 1. The maximum atomic E-state index is 12.3. The molecule has 1 unspecified atom stereocenters. The van der Waals surface area contributed by atoms with Crippen LogP contribution in [0.5, 0.6) is 5.75 Å². The zero-order chi connectivity index (χ0) is 19.5. The molecule has 0 aliphatic carbocycles. The summed E-state index contributed by atoms with van der Waals surface area (Å²) in [4.78, 5) is 28.2. The van der Waals surface area contributed by atoms with Gasteiger partial charge in [-0.3, -0.25) is 4.79 Å². The largest absolute Gasteiger partial charge is 0.493 e. The number of fused-ring (bicyclic) bond motifs is 1. The van der Waals surface area contributed by atoms with Crippen molar-refractivity contribution in [3.63, 3.8) is 0 Å². The fraction of sp³-hybridized carbons (Fsp3) is 0.263. The van der Waals surface area contributed by atoms with Gasteiger partial charge >= 0.3 is 5.97 Å². The number of carbonyl (C=O) groups is 2. The molecule has 2 aromatic heterocycles. The number of rotatable bonds is 7. The first-order valence-corrected chi connectivity index (χ1v) is 9.67. The Kier molecular flexibility index (Phi) is 5.07. The molecule has 1 atom stereocenters. The lowest BCUT2D eigenvalue weighted by molar-refractivity contribution is -0.142. The smallest absolute Gasteiger partial charge is 0.330 e. The van der Waals surface area contributed by atoms with Crippen molar-refractivity contribution in [2.45, 2.75) is 25.3 Å². The van der Waals surface area contributed by atoms with E-state index in [2.05, 4.69) is 15.5 Å². The molecule has 3 aromatic rings. The zero-order valence-corrected chi connectivity index (χ0v) is 15.6. The fourth-order valence-electron chi connectivity index (χ4n) is 2.99. The monoisotopic (exact) mass is 399 g/mol. The molecule has 1 amide bonds. The van der Waals surface area contributed by atoms with Gasteiger partial charge in [-0.1, -0.05) is 11.2 Å². The number of aryl methyl sites for hydroxylation is 1. The van der Waals surface area contributed by atoms with Crippen LogP contribution in [0.2, 0.25) is 0 Å². The van der Waals surface area contributed by atoms with Crippen molar-refractivity contribution >= 4 is 23.2 Å². The van der Waals surface area contributed by atoms with E-state index in [1.807, 2.05) is 16.8 Å². The number of nitrogens with one attached hydrogen (secondary N) is 1. The molecule has 1 aliphatic heterocycles. The summed E-state index contributed by atoms with van der Waals surface area (Å²) in [5.74, 6) is 0.0413. The summed E-state index contributed by atoms with van der Waals surface area (Å²) < 4.78 is 10.6. The second-order valence-corrected chi connectivity index (χ2v) is 7.11. The fourth-order valence-corrected chi connectivity index (χ4v) is 3.63. The highest BCUT2D eigenvalue weighted by atomic mass is 32.1. The molecule has 0 fully saturated rings. The molecule has 2 N–H and O–H groups in total. The molecule has 0 radical (unpaired) electrons. The Balaban J connectivity index is 1.38. The van der Waals surface area contributed by atoms with E-state index < -0.39 is 17.9 Å². The second-order valence-electron chi connectivity index (χ2n) is 6.33. The summed E-state index contributed by atoms with van der Waals surface area (Å²) in [6.45, 7) is 0.584. The third kappa shape index (κ3) is 3.89. The number of carboxylic acid groups (broad SMARTS) is 1. The van der Waals surface area contributed by atoms with Crippen LogP contribution in [0.25, 0.3) is 11.4 Å². The number of carboxylic acids is 1. The van der Waals surface area contributed by atoms with Gasteiger partial charge in [-0.05, 0) is 34.7 Å². The van der Waals surface area contributed by atoms with Crippen LogP contribution >= 0.6 is 11.3 Å². The van der Waals surface area contributed by atoms with Gasteiger partial charge in [-0.25, -0.2) is 4.79 Å². The van der Waals surface area contributed by atoms with E-state index in [0.717, 1.165) is 23.3 Å². The molecule has 28 heavy (non-hydrogen) atoms. The number of aromatic nitrogens is 2. The topological polar surface area (TPSA) is 115 Å². The minimum absolute atomic E-state index is 0.0447. The van der Waals surface area contributed by atoms with Gasteiger partial charge in [0, 0.05) is 30.2 Å². The molecule has 144 valence electrons. The van der Waals surface area contributed by atoms with E-state index in [-0.39, 0.29) is 12.8 Å². The van der Waals surface area contributed by atoms with E-state index in [0.29, 0.717) is 23.9 Å². The van der Waals surface area contributed by atoms with Crippen molar-refractivity contribution in [1.29, 1.82) is 0 Å². The number of aliphatic carboxylic acids is 1. The number of carbonyl (C=O) groups excluding carboxylic acids is 1. The van der Waals surface area contributed by atoms with Gasteiger partial charge in [0.15, 0.2) is 6.04 Å². The molecule has 3 heterocycles. The average Bonchev–Trinajstić information content (AvgIpc) is 3.44. The van der Waals surface area contributed by atoms with Crippen LogP contribution in [0.15, 0.2) is 39.5 Å². The number of ether oxygens (including phenoxy) is 1. The number of hydrogen-bond acceptors (Lipinski definition) is 7. The maximum Gasteiger partial charge on any atom is 0.330 e. The zero-order valence-electron chi connectivity index (χ0n) is 14.8. The van der Waals surface area contributed by atoms with Crippen LogP contribution in [-0.4, -0.2) is 33.7 Å². The third-order valence-corrected chi connectivity index (χ3v) is 5.10. The van der Waals surface area contributed by atoms with Crippen molar-refractivity contribution in [2.75, 3.05) is 6.61 Å². The lowest BCUT2D eigenvalue weighted by atomic mass is 10.0. The van der Waals surface area contributed by atoms with Crippen molar-refractivity contribution < 1.29 is 24.0 Å². The molecular weight excluding hydrogens is 382 g/mol. The van der Waals surface area contributed by atoms with E-state index in [1.54, 1.807) is 18.2 Å². The van der Waals surface area contributed by atoms with Gasteiger partial charge in [0.1, 0.15) is 5.75 Å². The van der Waals surface area contributed by atoms with Crippen LogP contribution in [-0.2, 0) is 22.4 Å². The molecule has 9 heteroatoms. The Morgan fingerprint density at radius 2 is 2.21 bits per heavy atom. The van der Waals surface area contributed by atoms with Crippen molar-refractivity contribution in [1.82, 2.24) is 15.5 Å². The Bertz CT molecular complexity index is 999. The van der Waals surface area contributed by atoms with Gasteiger partial charge < -0.3 is 19.7 Å². The highest BCUT2D eigenvalue weighted by molar-refractivity contribution is 7.08. The maximum absolute atomic E-state index is 12.3. The van der Waals surface area contributed by atoms with E-state index in [1.165, 1.54) is 11.3 Å². The Morgan fingerprint density at radius 1 is 1.32 bits per heavy atom. The summed E-state index contributed by atoms with van der Waals surface area (Å²) in [7, 11) is 0. The van der Waals surface area contributed by atoms with Crippen molar-refractivity contribution in [2.24, 2.45) is 0 Å². The Morgan fingerprint density at radius 3 is 3.00 bits per heavy atom. The second kappa shape index (κ2) is 7.81. The molecular formula is C19H17N3O5S. The number of hydrogen-bond donors (Lipinski definition) is 2. The first-order valence-electron chi connectivity index (χ1n) is 8.73. The van der Waals surface area contributed by atoms with Crippen LogP contribution in [0, 0.1) is 0 Å². The molecule has 4 rings (SSSR count). The predicted molar refractivity (Wildman–Crippen MR) is 100 cm³/mol. The van der Waals surface area contributed by atoms with Gasteiger partial charge in [-0.2, -0.15) is 16.3 Å². The highest BCUT2D eigenvalue weighted by Gasteiger charge is 2.24. The first kappa shape index (κ1) is 18.2. The third-order valence-electron chi connectivity index (χ3n) is 4.41. The molecule has 0 saturated carbocycles. The van der Waals surface area contributed by atoms with E-state index in [9.17, 15) is 14.7 Å². The van der Waals surface area contributed by atoms with Gasteiger partial charge in [0.05, 0.1) is 6.61 Å². The minimum atomic E-state index is -1.12. The van der Waals surface area contributed by atoms with Crippen LogP contribution < -0.4 is 10.1 Å². The normalized spacial score (nSPS) is 13.6. The van der Waals surface area contributed by atoms with Crippen molar-refractivity contribution in [3.8, 4) is 17.1 Å². The molecule has 1 aromatic carbocycles. The summed E-state index contributed by atoms with van der Waals surface area (Å²) in [5, 5.41) is 19.8. The molecule has 0 spiro atoms. The quantitative estimate of drug-likeness (QED) is 0.627. The lowest BCUT2D eigenvalue weighted by Gasteiger charge is -2.15. The van der Waals surface area contributed by atoms with Gasteiger partial charge in [0.25, 0.3) is 0 Å². The lowest BCUT2D eigenvalue weighted by Crippen LogP contribution is -2.33. The van der Waals surface area contributed by atoms with Gasteiger partial charge in [0.2, 0.25) is 17.6 Å². The van der Waals surface area contributed by atoms with Crippen LogP contribution in [0.3, 0.4) is 0 Å². The minimum Gasteiger partial charge on any atom is -0.493 e. The van der Waals surface area contributed by atoms with Crippen LogP contribution in [0.4, 0.5) is 0 Å². The Hall–Kier alpha value is -3.20. The summed E-state index contributed by atoms with van der Waals surface area (Å²) in [6, 6.07) is 5.93.